The number of carbonyl (C=O) groups excluding carboxylic acids is 3. The lowest BCUT2D eigenvalue weighted by molar-refractivity contribution is -0.184. The van der Waals surface area contributed by atoms with Gasteiger partial charge in [-0.25, -0.2) is 14.8 Å². The van der Waals surface area contributed by atoms with Crippen molar-refractivity contribution >= 4 is 72.8 Å². The van der Waals surface area contributed by atoms with Gasteiger partial charge in [-0.05, 0) is 148 Å². The summed E-state index contributed by atoms with van der Waals surface area (Å²) < 4.78 is 53.4. The lowest BCUT2D eigenvalue weighted by atomic mass is 9.84. The minimum absolute atomic E-state index is 0.0583. The normalized spacial score (nSPS) is 20.4. The molecule has 2 saturated heterocycles. The van der Waals surface area contributed by atoms with Crippen LogP contribution in [0.1, 0.15) is 101 Å². The van der Waals surface area contributed by atoms with E-state index in [2.05, 4.69) is 20.7 Å². The second kappa shape index (κ2) is 21.0. The first-order chi connectivity index (χ1) is 36.6. The topological polar surface area (TPSA) is 175 Å². The molecule has 7 aromatic rings. The molecule has 3 aromatic heterocycles. The number of para-hydroxylation sites is 1. The van der Waals surface area contributed by atoms with Gasteiger partial charge in [0.25, 0.3) is 5.91 Å². The third kappa shape index (κ3) is 10.3. The average molecular weight is 1050 g/mol. The van der Waals surface area contributed by atoms with Gasteiger partial charge in [-0.15, -0.1) is 0 Å². The number of imide groups is 1. The maximum absolute atomic E-state index is 14.7. The summed E-state index contributed by atoms with van der Waals surface area (Å²) in [5.41, 5.74) is 7.09. The fraction of sp³-hybridized carbons (Fsp3) is 0.386. The summed E-state index contributed by atoms with van der Waals surface area (Å²) in [7, 11) is 1.75. The van der Waals surface area contributed by atoms with Crippen LogP contribution in [0.25, 0.3) is 32.2 Å². The van der Waals surface area contributed by atoms with E-state index in [1.165, 1.54) is 11.3 Å². The number of alkyl halides is 3. The monoisotopic (exact) mass is 1050 g/mol. The number of aromatic nitrogens is 4. The number of carboxylic acid groups (broad SMARTS) is 1. The van der Waals surface area contributed by atoms with Gasteiger partial charge < -0.3 is 19.6 Å². The third-order valence-electron chi connectivity index (χ3n) is 15.8. The van der Waals surface area contributed by atoms with E-state index in [4.69, 9.17) is 9.72 Å². The Balaban J connectivity index is 0.688. The second-order valence-electron chi connectivity index (χ2n) is 20.5. The van der Waals surface area contributed by atoms with E-state index in [1.807, 2.05) is 84.6 Å². The van der Waals surface area contributed by atoms with Crippen LogP contribution in [0.3, 0.4) is 0 Å². The number of nitrogens with zero attached hydrogens (tertiary/aromatic N) is 7. The molecular formula is C57H58F3N9O6S. The van der Waals surface area contributed by atoms with Gasteiger partial charge in [0.2, 0.25) is 11.8 Å². The maximum atomic E-state index is 14.7. The molecule has 19 heteroatoms. The van der Waals surface area contributed by atoms with Crippen molar-refractivity contribution in [1.82, 2.24) is 30.0 Å². The number of ether oxygens (including phenoxy) is 1. The Morgan fingerprint density at radius 1 is 0.882 bits per heavy atom. The van der Waals surface area contributed by atoms with E-state index in [-0.39, 0.29) is 49.0 Å². The number of fused-ring (bicyclic) bond motifs is 3. The molecule has 3 N–H and O–H groups in total. The molecule has 4 aliphatic rings. The minimum atomic E-state index is -4.42. The van der Waals surface area contributed by atoms with Gasteiger partial charge >= 0.3 is 12.1 Å². The second-order valence-corrected chi connectivity index (χ2v) is 21.5. The van der Waals surface area contributed by atoms with Crippen molar-refractivity contribution in [3.63, 3.8) is 0 Å². The lowest BCUT2D eigenvalue weighted by Crippen LogP contribution is -2.59. The van der Waals surface area contributed by atoms with Crippen molar-refractivity contribution in [2.75, 3.05) is 47.8 Å². The number of hydrogen-bond acceptors (Lipinski definition) is 12. The van der Waals surface area contributed by atoms with Crippen molar-refractivity contribution in [1.29, 1.82) is 0 Å². The van der Waals surface area contributed by atoms with Crippen LogP contribution < -0.4 is 25.2 Å². The molecule has 3 fully saturated rings. The molecule has 4 aromatic carbocycles. The number of carboxylic acids is 1. The first kappa shape index (κ1) is 50.8. The number of nitrogens with one attached hydrogen (secondary N) is 2. The molecule has 394 valence electrons. The smallest absolute Gasteiger partial charge is 0.405 e. The number of halogens is 3. The van der Waals surface area contributed by atoms with E-state index in [9.17, 15) is 37.5 Å². The molecule has 11 rings (SSSR count). The summed E-state index contributed by atoms with van der Waals surface area (Å²) in [4.78, 5) is 65.6. The van der Waals surface area contributed by atoms with Crippen LogP contribution in [-0.2, 0) is 29.6 Å². The Bertz CT molecular complexity index is 3360. The average Bonchev–Trinajstić information content (AvgIpc) is 3.99. The van der Waals surface area contributed by atoms with Crippen LogP contribution in [0.4, 0.5) is 29.8 Å². The molecule has 3 amide bonds. The number of aryl methyl sites for hydroxylation is 1. The number of piperazine rings is 1. The molecule has 1 saturated carbocycles. The molecule has 0 radical (unpaired) electrons. The first-order valence-electron chi connectivity index (χ1n) is 26.0. The Labute approximate surface area is 441 Å². The number of carbonyl (C=O) groups is 4. The number of thiazole rings is 1. The number of amides is 3. The number of pyridine rings is 1. The molecule has 0 bridgehead atoms. The fourth-order valence-electron chi connectivity index (χ4n) is 11.7. The number of hydrogen-bond donors (Lipinski definition) is 3. The minimum Gasteiger partial charge on any atom is -0.490 e. The predicted molar refractivity (Wildman–Crippen MR) is 285 cm³/mol. The van der Waals surface area contributed by atoms with Gasteiger partial charge in [-0.3, -0.25) is 34.6 Å². The van der Waals surface area contributed by atoms with E-state index < -0.39 is 24.1 Å². The fourth-order valence-corrected chi connectivity index (χ4v) is 12.6. The van der Waals surface area contributed by atoms with Crippen LogP contribution in [0.2, 0.25) is 0 Å². The summed E-state index contributed by atoms with van der Waals surface area (Å²) in [6, 6.07) is 26.5. The van der Waals surface area contributed by atoms with E-state index in [0.717, 1.165) is 64.4 Å². The van der Waals surface area contributed by atoms with Crippen molar-refractivity contribution < 1.29 is 42.2 Å². The van der Waals surface area contributed by atoms with Gasteiger partial charge in [-0.2, -0.15) is 18.3 Å². The zero-order valence-corrected chi connectivity index (χ0v) is 43.1. The lowest BCUT2D eigenvalue weighted by Gasteiger charge is -2.43. The van der Waals surface area contributed by atoms with Gasteiger partial charge in [-0.1, -0.05) is 47.7 Å². The molecule has 0 spiro atoms. The third-order valence-corrected chi connectivity index (χ3v) is 16.8. The van der Waals surface area contributed by atoms with Crippen LogP contribution in [-0.4, -0.2) is 104 Å². The number of aromatic carboxylic acids is 1. The Morgan fingerprint density at radius 3 is 2.49 bits per heavy atom. The van der Waals surface area contributed by atoms with E-state index >= 15 is 0 Å². The van der Waals surface area contributed by atoms with Crippen molar-refractivity contribution in [2.45, 2.75) is 95.5 Å². The molecule has 76 heavy (non-hydrogen) atoms. The first-order valence-corrected chi connectivity index (χ1v) is 26.9. The van der Waals surface area contributed by atoms with Crippen molar-refractivity contribution in [3.05, 3.63) is 125 Å². The van der Waals surface area contributed by atoms with Crippen LogP contribution in [0, 0.1) is 12.8 Å². The number of piperidine rings is 1. The molecule has 2 atom stereocenters. The van der Waals surface area contributed by atoms with Crippen LogP contribution >= 0.6 is 11.3 Å². The molecule has 6 heterocycles. The summed E-state index contributed by atoms with van der Waals surface area (Å²) in [5, 5.41) is 21.8. The Kier molecular flexibility index (Phi) is 14.0. The highest BCUT2D eigenvalue weighted by Crippen LogP contribution is 2.39. The van der Waals surface area contributed by atoms with Crippen LogP contribution in [0.15, 0.2) is 91.0 Å². The number of benzene rings is 4. The Morgan fingerprint density at radius 2 is 1.70 bits per heavy atom. The van der Waals surface area contributed by atoms with Crippen molar-refractivity contribution in [2.24, 2.45) is 13.0 Å². The molecule has 1 unspecified atom stereocenters. The van der Waals surface area contributed by atoms with Crippen molar-refractivity contribution in [3.8, 4) is 16.9 Å². The van der Waals surface area contributed by atoms with Gasteiger partial charge in [0, 0.05) is 68.4 Å². The highest BCUT2D eigenvalue weighted by atomic mass is 32.1. The number of anilines is 3. The Hall–Kier alpha value is -7.38. The summed E-state index contributed by atoms with van der Waals surface area (Å²) in [6.45, 7) is 3.75. The summed E-state index contributed by atoms with van der Waals surface area (Å²) in [5.74, 6) is -1.15. The van der Waals surface area contributed by atoms with E-state index in [0.29, 0.717) is 102 Å². The summed E-state index contributed by atoms with van der Waals surface area (Å²) in [6.07, 6.45) is 1.62. The van der Waals surface area contributed by atoms with Crippen LogP contribution in [0.5, 0.6) is 5.75 Å². The number of rotatable bonds is 13. The highest BCUT2D eigenvalue weighted by Gasteiger charge is 2.46. The zero-order chi connectivity index (χ0) is 52.8. The molecular weight excluding hydrogens is 996 g/mol. The highest BCUT2D eigenvalue weighted by molar-refractivity contribution is 7.22. The zero-order valence-electron chi connectivity index (χ0n) is 42.2. The maximum Gasteiger partial charge on any atom is 0.405 e. The van der Waals surface area contributed by atoms with Gasteiger partial charge in [0.1, 0.15) is 17.6 Å². The quantitative estimate of drug-likeness (QED) is 0.0934. The predicted octanol–water partition coefficient (Wildman–Crippen LogP) is 10.1. The molecule has 3 aliphatic heterocycles. The van der Waals surface area contributed by atoms with E-state index in [1.54, 1.807) is 39.7 Å². The summed E-state index contributed by atoms with van der Waals surface area (Å²) >= 11 is 1.41. The largest absolute Gasteiger partial charge is 0.490 e. The van der Waals surface area contributed by atoms with Gasteiger partial charge in [0.15, 0.2) is 10.8 Å². The molecule has 1 aliphatic carbocycles. The van der Waals surface area contributed by atoms with Gasteiger partial charge in [0.05, 0.1) is 33.4 Å². The SMILES string of the molecule is Cc1c(OC2CCC(CCCN3CCN(c4ccc5c(C6CCC(=O)NC6=O)nn(C)c5c4)C[C@@H]3C(F)(F)F)CC2)cccc1-c1ccc(N2CCc3cccc(C(=O)Nc4nc5ccccc5s4)c3C2)nc1C(=O)O. The standard InChI is InChI=1S/C57H58F3N9O6S/c1-33-38(39-21-23-49(62-52(39)55(73)74)69-27-25-35-9-5-11-40(43(35)31-69)53(71)64-56-61-44-12-3-4-14-47(44)76-56)10-6-13-46(33)75-37-18-15-34(16-19-37)8-7-26-67-28-29-68(32-48(67)57(58,59)60)36-17-20-41-45(30-36)66(2)65-51(41)42-22-24-50(70)63-54(42)72/h3-6,9-14,17,20-21,23,30,34,37,42,48H,7-8,15-16,18-19,22,24-29,31-32H2,1-2H3,(H,73,74)(H,61,64,71)(H,63,70,72)/t34?,37?,42?,48-/m1/s1. The molecule has 15 nitrogen and oxygen atoms in total.